The molecule has 29 heavy (non-hydrogen) atoms. The first-order chi connectivity index (χ1) is 14.4. The normalized spacial score (nSPS) is 16.1. The summed E-state index contributed by atoms with van der Waals surface area (Å²) in [5, 5.41) is 2.24. The van der Waals surface area contributed by atoms with Crippen LogP contribution in [-0.2, 0) is 4.74 Å². The van der Waals surface area contributed by atoms with Gasteiger partial charge in [0, 0.05) is 21.6 Å². The number of benzene rings is 3. The molecule has 0 aromatic heterocycles. The zero-order valence-corrected chi connectivity index (χ0v) is 17.3. The van der Waals surface area contributed by atoms with Crippen molar-refractivity contribution < 1.29 is 4.74 Å². The number of hydrogen-bond acceptors (Lipinski definition) is 3. The van der Waals surface area contributed by atoms with Crippen LogP contribution in [0.3, 0.4) is 0 Å². The SMILES string of the molecule is C1=C(c2ccccc2)OC(c2ccccc2)=CC1=C1SC=C(c2ccccc2)S1. The van der Waals surface area contributed by atoms with Crippen LogP contribution in [-0.4, -0.2) is 0 Å². The monoisotopic (exact) mass is 410 g/mol. The van der Waals surface area contributed by atoms with Gasteiger partial charge in [-0.15, -0.1) is 0 Å². The molecule has 0 spiro atoms. The number of thioether (sulfide) groups is 2. The molecule has 0 radical (unpaired) electrons. The molecule has 140 valence electrons. The van der Waals surface area contributed by atoms with E-state index in [1.165, 1.54) is 20.3 Å². The fourth-order valence-corrected chi connectivity index (χ4v) is 5.46. The molecular formula is C26H18OS2. The van der Waals surface area contributed by atoms with Gasteiger partial charge < -0.3 is 4.74 Å². The van der Waals surface area contributed by atoms with Crippen LogP contribution in [0.1, 0.15) is 16.7 Å². The van der Waals surface area contributed by atoms with E-state index in [0.29, 0.717) is 0 Å². The Morgan fingerprint density at radius 1 is 0.552 bits per heavy atom. The lowest BCUT2D eigenvalue weighted by molar-refractivity contribution is 0.467. The van der Waals surface area contributed by atoms with E-state index in [1.807, 2.05) is 48.2 Å². The number of allylic oxidation sites excluding steroid dienone is 3. The molecule has 2 aliphatic heterocycles. The maximum Gasteiger partial charge on any atom is 0.135 e. The summed E-state index contributed by atoms with van der Waals surface area (Å²) in [6.07, 6.45) is 4.30. The van der Waals surface area contributed by atoms with Crippen LogP contribution in [0, 0.1) is 0 Å². The van der Waals surface area contributed by atoms with Crippen LogP contribution in [0.25, 0.3) is 16.4 Å². The predicted molar refractivity (Wildman–Crippen MR) is 127 cm³/mol. The Morgan fingerprint density at radius 3 is 1.55 bits per heavy atom. The van der Waals surface area contributed by atoms with Gasteiger partial charge in [0.1, 0.15) is 11.5 Å². The van der Waals surface area contributed by atoms with Gasteiger partial charge in [-0.1, -0.05) is 115 Å². The van der Waals surface area contributed by atoms with Gasteiger partial charge in [-0.3, -0.25) is 0 Å². The minimum Gasteiger partial charge on any atom is -0.456 e. The van der Waals surface area contributed by atoms with Crippen molar-refractivity contribution in [3.63, 3.8) is 0 Å². The van der Waals surface area contributed by atoms with Crippen molar-refractivity contribution in [2.75, 3.05) is 0 Å². The summed E-state index contributed by atoms with van der Waals surface area (Å²) in [5.74, 6) is 1.76. The highest BCUT2D eigenvalue weighted by molar-refractivity contribution is 8.31. The molecule has 0 amide bonds. The van der Waals surface area contributed by atoms with Crippen LogP contribution < -0.4 is 0 Å². The second-order valence-electron chi connectivity index (χ2n) is 6.66. The van der Waals surface area contributed by atoms with Crippen molar-refractivity contribution >= 4 is 39.9 Å². The first-order valence-corrected chi connectivity index (χ1v) is 11.1. The quantitative estimate of drug-likeness (QED) is 0.436. The summed E-state index contributed by atoms with van der Waals surface area (Å²) in [6.45, 7) is 0. The molecule has 3 aromatic carbocycles. The zero-order chi connectivity index (χ0) is 19.5. The molecule has 2 heterocycles. The number of rotatable bonds is 3. The van der Waals surface area contributed by atoms with Crippen molar-refractivity contribution in [3.8, 4) is 0 Å². The van der Waals surface area contributed by atoms with Crippen LogP contribution in [0.15, 0.2) is 118 Å². The summed E-state index contributed by atoms with van der Waals surface area (Å²) < 4.78 is 7.58. The van der Waals surface area contributed by atoms with Crippen molar-refractivity contribution in [2.45, 2.75) is 0 Å². The molecule has 2 aliphatic rings. The Labute approximate surface area is 179 Å². The second kappa shape index (κ2) is 8.24. The molecule has 0 bridgehead atoms. The highest BCUT2D eigenvalue weighted by atomic mass is 32.2. The molecule has 0 N–H and O–H groups in total. The lowest BCUT2D eigenvalue weighted by Gasteiger charge is -2.20. The smallest absolute Gasteiger partial charge is 0.135 e. The molecule has 0 saturated heterocycles. The molecule has 3 heteroatoms. The Bertz CT molecular complexity index is 1080. The molecule has 0 fully saturated rings. The molecule has 0 aliphatic carbocycles. The van der Waals surface area contributed by atoms with Gasteiger partial charge in [0.25, 0.3) is 0 Å². The van der Waals surface area contributed by atoms with Gasteiger partial charge in [-0.05, 0) is 23.1 Å². The van der Waals surface area contributed by atoms with E-state index >= 15 is 0 Å². The molecule has 3 aromatic rings. The summed E-state index contributed by atoms with van der Waals surface area (Å²) in [4.78, 5) is 1.29. The van der Waals surface area contributed by atoms with E-state index in [1.54, 1.807) is 11.8 Å². The van der Waals surface area contributed by atoms with Crippen LogP contribution in [0.2, 0.25) is 0 Å². The van der Waals surface area contributed by atoms with E-state index in [2.05, 4.69) is 72.2 Å². The summed E-state index contributed by atoms with van der Waals surface area (Å²) in [7, 11) is 0. The molecular weight excluding hydrogens is 392 g/mol. The predicted octanol–water partition coefficient (Wildman–Crippen LogP) is 7.79. The number of ether oxygens (including phenoxy) is 1. The Morgan fingerprint density at radius 2 is 1.03 bits per heavy atom. The molecule has 0 atom stereocenters. The van der Waals surface area contributed by atoms with E-state index in [-0.39, 0.29) is 0 Å². The van der Waals surface area contributed by atoms with Crippen LogP contribution >= 0.6 is 23.5 Å². The van der Waals surface area contributed by atoms with Crippen molar-refractivity contribution in [1.29, 1.82) is 0 Å². The largest absolute Gasteiger partial charge is 0.456 e. The third-order valence-electron chi connectivity index (χ3n) is 4.68. The minimum absolute atomic E-state index is 0.879. The first kappa shape index (κ1) is 18.2. The van der Waals surface area contributed by atoms with Crippen molar-refractivity contribution in [2.24, 2.45) is 0 Å². The fraction of sp³-hybridized carbons (Fsp3) is 0. The van der Waals surface area contributed by atoms with Crippen molar-refractivity contribution in [1.82, 2.24) is 0 Å². The average Bonchev–Trinajstić information content (AvgIpc) is 3.31. The molecule has 5 rings (SSSR count). The maximum atomic E-state index is 6.31. The standard InChI is InChI=1S/C26H18OS2/c1-4-10-19(11-5-1)23-16-22(17-24(27-23)20-12-6-2-7-13-20)26-28-18-25(29-26)21-14-8-3-9-15-21/h1-18H. The summed E-state index contributed by atoms with van der Waals surface area (Å²) in [5.41, 5.74) is 4.60. The topological polar surface area (TPSA) is 9.23 Å². The third-order valence-corrected chi connectivity index (χ3v) is 7.17. The van der Waals surface area contributed by atoms with Gasteiger partial charge in [-0.2, -0.15) is 0 Å². The summed E-state index contributed by atoms with van der Waals surface area (Å²) >= 11 is 3.61. The van der Waals surface area contributed by atoms with Crippen molar-refractivity contribution in [3.05, 3.63) is 135 Å². The second-order valence-corrected chi connectivity index (χ2v) is 8.85. The Kier molecular flexibility index (Phi) is 5.16. The number of hydrogen-bond donors (Lipinski definition) is 0. The highest BCUT2D eigenvalue weighted by Gasteiger charge is 2.21. The van der Waals surface area contributed by atoms with E-state index in [9.17, 15) is 0 Å². The first-order valence-electron chi connectivity index (χ1n) is 9.43. The van der Waals surface area contributed by atoms with E-state index in [4.69, 9.17) is 4.74 Å². The van der Waals surface area contributed by atoms with Gasteiger partial charge in [0.15, 0.2) is 0 Å². The van der Waals surface area contributed by atoms with Gasteiger partial charge >= 0.3 is 0 Å². The van der Waals surface area contributed by atoms with Gasteiger partial charge in [0.2, 0.25) is 0 Å². The maximum absolute atomic E-state index is 6.31. The Balaban J connectivity index is 1.54. The van der Waals surface area contributed by atoms with E-state index < -0.39 is 0 Å². The molecule has 0 saturated carbocycles. The van der Waals surface area contributed by atoms with Gasteiger partial charge in [0.05, 0.1) is 4.24 Å². The minimum atomic E-state index is 0.879. The third kappa shape index (κ3) is 3.98. The Hall–Kier alpha value is -2.88. The molecule has 1 nitrogen and oxygen atoms in total. The average molecular weight is 411 g/mol. The zero-order valence-electron chi connectivity index (χ0n) is 15.6. The van der Waals surface area contributed by atoms with Crippen LogP contribution in [0.5, 0.6) is 0 Å². The lowest BCUT2D eigenvalue weighted by Crippen LogP contribution is -2.00. The van der Waals surface area contributed by atoms with Crippen LogP contribution in [0.4, 0.5) is 0 Å². The van der Waals surface area contributed by atoms with E-state index in [0.717, 1.165) is 22.6 Å². The molecule has 0 unspecified atom stereocenters. The fourth-order valence-electron chi connectivity index (χ4n) is 3.22. The lowest BCUT2D eigenvalue weighted by atomic mass is 10.1. The highest BCUT2D eigenvalue weighted by Crippen LogP contribution is 2.51. The van der Waals surface area contributed by atoms with Gasteiger partial charge in [-0.25, -0.2) is 0 Å². The summed E-state index contributed by atoms with van der Waals surface area (Å²) in [6, 6.07) is 31.1.